The Hall–Kier alpha value is -4.06. The smallest absolute Gasteiger partial charge is 0.256 e. The Balaban J connectivity index is 1.56. The number of para-hydroxylation sites is 2. The minimum absolute atomic E-state index is 0.0666. The van der Waals surface area contributed by atoms with E-state index in [4.69, 9.17) is 0 Å². The molecule has 6 heteroatoms. The fourth-order valence-corrected chi connectivity index (χ4v) is 4.42. The van der Waals surface area contributed by atoms with Gasteiger partial charge in [-0.3, -0.25) is 9.59 Å². The third-order valence-corrected chi connectivity index (χ3v) is 6.24. The first-order chi connectivity index (χ1) is 16.5. The Morgan fingerprint density at radius 2 is 1.65 bits per heavy atom. The number of likely N-dealkylation sites (tertiary alicyclic amines) is 1. The van der Waals surface area contributed by atoms with Gasteiger partial charge in [0.05, 0.1) is 28.0 Å². The van der Waals surface area contributed by atoms with Crippen molar-refractivity contribution in [1.82, 2.24) is 9.88 Å². The number of amides is 2. The van der Waals surface area contributed by atoms with Gasteiger partial charge in [0.1, 0.15) is 5.82 Å². The van der Waals surface area contributed by atoms with E-state index >= 15 is 0 Å². The highest BCUT2D eigenvalue weighted by Crippen LogP contribution is 2.28. The van der Waals surface area contributed by atoms with Gasteiger partial charge >= 0.3 is 0 Å². The van der Waals surface area contributed by atoms with Gasteiger partial charge in [0.15, 0.2) is 0 Å². The van der Waals surface area contributed by atoms with Gasteiger partial charge in [-0.05, 0) is 67.8 Å². The lowest BCUT2D eigenvalue weighted by atomic mass is 10.0. The van der Waals surface area contributed by atoms with Crippen molar-refractivity contribution in [1.29, 1.82) is 0 Å². The van der Waals surface area contributed by atoms with Crippen LogP contribution in [-0.4, -0.2) is 34.8 Å². The second kappa shape index (κ2) is 9.06. The summed E-state index contributed by atoms with van der Waals surface area (Å²) in [5, 5.41) is 3.71. The monoisotopic (exact) mass is 453 g/mol. The normalized spacial score (nSPS) is 13.3. The van der Waals surface area contributed by atoms with Crippen molar-refractivity contribution < 1.29 is 14.0 Å². The lowest BCUT2D eigenvalue weighted by Gasteiger charge is -2.19. The van der Waals surface area contributed by atoms with Crippen molar-refractivity contribution in [2.24, 2.45) is 0 Å². The molecule has 1 saturated heterocycles. The number of rotatable bonds is 4. The maximum absolute atomic E-state index is 13.6. The third-order valence-electron chi connectivity index (χ3n) is 6.24. The van der Waals surface area contributed by atoms with E-state index in [1.165, 1.54) is 12.1 Å². The number of carbonyl (C=O) groups excluding carboxylic acids is 2. The largest absolute Gasteiger partial charge is 0.339 e. The summed E-state index contributed by atoms with van der Waals surface area (Å²) in [5.41, 5.74) is 4.21. The fraction of sp³-hybridized carbons (Fsp3) is 0.179. The molecule has 0 atom stereocenters. The third kappa shape index (κ3) is 4.15. The van der Waals surface area contributed by atoms with Gasteiger partial charge in [-0.15, -0.1) is 0 Å². The zero-order valence-corrected chi connectivity index (χ0v) is 18.8. The molecule has 1 N–H and O–H groups in total. The number of carbonyl (C=O) groups is 2. The lowest BCUT2D eigenvalue weighted by molar-refractivity contribution is 0.0793. The van der Waals surface area contributed by atoms with Crippen molar-refractivity contribution in [3.63, 3.8) is 0 Å². The zero-order chi connectivity index (χ0) is 23.7. The molecule has 2 amide bonds. The zero-order valence-electron chi connectivity index (χ0n) is 18.8. The molecule has 2 heterocycles. The number of hydrogen-bond donors (Lipinski definition) is 1. The second-order valence-corrected chi connectivity index (χ2v) is 8.53. The second-order valence-electron chi connectivity index (χ2n) is 8.53. The number of aryl methyl sites for hydroxylation is 1. The number of anilines is 1. The topological polar surface area (TPSA) is 62.3 Å². The number of nitrogens with zero attached hydrogens (tertiary/aromatic N) is 2. The molecule has 1 aliphatic rings. The summed E-state index contributed by atoms with van der Waals surface area (Å²) in [6.07, 6.45) is 1.99. The minimum Gasteiger partial charge on any atom is -0.339 e. The molecule has 0 saturated carbocycles. The van der Waals surface area contributed by atoms with Crippen molar-refractivity contribution in [2.75, 3.05) is 18.4 Å². The van der Waals surface area contributed by atoms with Crippen LogP contribution in [0, 0.1) is 12.7 Å². The summed E-state index contributed by atoms with van der Waals surface area (Å²) < 4.78 is 13.4. The van der Waals surface area contributed by atoms with E-state index < -0.39 is 0 Å². The van der Waals surface area contributed by atoms with Crippen LogP contribution >= 0.6 is 0 Å². The minimum atomic E-state index is -0.336. The quantitative estimate of drug-likeness (QED) is 0.422. The van der Waals surface area contributed by atoms with Crippen molar-refractivity contribution in [2.45, 2.75) is 19.8 Å². The van der Waals surface area contributed by atoms with E-state index in [0.29, 0.717) is 39.0 Å². The molecule has 5 nitrogen and oxygen atoms in total. The van der Waals surface area contributed by atoms with Crippen LogP contribution < -0.4 is 5.32 Å². The van der Waals surface area contributed by atoms with Gasteiger partial charge in [-0.1, -0.05) is 30.3 Å². The van der Waals surface area contributed by atoms with Gasteiger partial charge in [0.25, 0.3) is 11.8 Å². The Kier molecular flexibility index (Phi) is 5.80. The average molecular weight is 454 g/mol. The van der Waals surface area contributed by atoms with E-state index in [1.54, 1.807) is 24.3 Å². The van der Waals surface area contributed by atoms with E-state index in [-0.39, 0.29) is 17.6 Å². The van der Waals surface area contributed by atoms with Gasteiger partial charge in [0, 0.05) is 24.0 Å². The van der Waals surface area contributed by atoms with Crippen LogP contribution in [-0.2, 0) is 0 Å². The van der Waals surface area contributed by atoms with Crippen LogP contribution in [0.5, 0.6) is 0 Å². The fourth-order valence-electron chi connectivity index (χ4n) is 4.42. The summed E-state index contributed by atoms with van der Waals surface area (Å²) in [6, 6.07) is 20.6. The highest BCUT2D eigenvalue weighted by molar-refractivity contribution is 6.15. The number of aromatic nitrogens is 1. The lowest BCUT2D eigenvalue weighted by Crippen LogP contribution is -2.29. The molecule has 0 aliphatic carbocycles. The van der Waals surface area contributed by atoms with Gasteiger partial charge in [-0.25, -0.2) is 9.37 Å². The number of hydrogen-bond acceptors (Lipinski definition) is 3. The summed E-state index contributed by atoms with van der Waals surface area (Å²) in [4.78, 5) is 33.3. The van der Waals surface area contributed by atoms with E-state index in [2.05, 4.69) is 10.3 Å². The Morgan fingerprint density at radius 3 is 2.41 bits per heavy atom. The summed E-state index contributed by atoms with van der Waals surface area (Å²) in [5.74, 6) is -0.730. The molecule has 5 rings (SSSR count). The van der Waals surface area contributed by atoms with Gasteiger partial charge < -0.3 is 10.2 Å². The summed E-state index contributed by atoms with van der Waals surface area (Å²) in [7, 11) is 0. The van der Waals surface area contributed by atoms with Crippen LogP contribution in [0.1, 0.15) is 39.1 Å². The molecule has 0 spiro atoms. The highest BCUT2D eigenvalue weighted by atomic mass is 19.1. The SMILES string of the molecule is Cc1cccc(C(=O)N2CCCC2)c1NC(=O)c1cc(-c2ccc(F)cc2)nc2ccccc12. The number of fused-ring (bicyclic) bond motifs is 1. The van der Waals surface area contributed by atoms with E-state index in [1.807, 2.05) is 48.2 Å². The Labute approximate surface area is 197 Å². The predicted octanol–water partition coefficient (Wildman–Crippen LogP) is 5.84. The van der Waals surface area contributed by atoms with Crippen LogP contribution in [0.15, 0.2) is 72.8 Å². The standard InChI is InChI=1S/C28H24FN3O2/c1-18-7-6-9-22(28(34)32-15-4-5-16-32)26(18)31-27(33)23-17-25(19-11-13-20(29)14-12-19)30-24-10-3-2-8-21(23)24/h2-3,6-14,17H,4-5,15-16H2,1H3,(H,31,33). The van der Waals surface area contributed by atoms with Gasteiger partial charge in [-0.2, -0.15) is 0 Å². The molecule has 1 fully saturated rings. The van der Waals surface area contributed by atoms with Crippen LogP contribution in [0.2, 0.25) is 0 Å². The molecular formula is C28H24FN3O2. The van der Waals surface area contributed by atoms with Crippen LogP contribution in [0.25, 0.3) is 22.2 Å². The maximum atomic E-state index is 13.6. The summed E-state index contributed by atoms with van der Waals surface area (Å²) in [6.45, 7) is 3.34. The van der Waals surface area contributed by atoms with Crippen LogP contribution in [0.3, 0.4) is 0 Å². The molecule has 4 aromatic rings. The molecular weight excluding hydrogens is 429 g/mol. The van der Waals surface area contributed by atoms with Crippen LogP contribution in [0.4, 0.5) is 10.1 Å². The van der Waals surface area contributed by atoms with Crippen molar-refractivity contribution in [3.8, 4) is 11.3 Å². The molecule has 0 unspecified atom stereocenters. The predicted molar refractivity (Wildman–Crippen MR) is 131 cm³/mol. The number of benzene rings is 3. The van der Waals surface area contributed by atoms with Gasteiger partial charge in [0.2, 0.25) is 0 Å². The van der Waals surface area contributed by atoms with E-state index in [9.17, 15) is 14.0 Å². The Bertz CT molecular complexity index is 1390. The molecule has 170 valence electrons. The number of nitrogens with one attached hydrogen (secondary N) is 1. The Morgan fingerprint density at radius 1 is 0.912 bits per heavy atom. The molecule has 34 heavy (non-hydrogen) atoms. The average Bonchev–Trinajstić information content (AvgIpc) is 3.39. The number of halogens is 1. The molecule has 3 aromatic carbocycles. The summed E-state index contributed by atoms with van der Waals surface area (Å²) >= 11 is 0. The van der Waals surface area contributed by atoms with E-state index in [0.717, 1.165) is 31.5 Å². The molecule has 0 bridgehead atoms. The molecule has 1 aliphatic heterocycles. The number of pyridine rings is 1. The van der Waals surface area contributed by atoms with Crippen molar-refractivity contribution in [3.05, 3.63) is 95.3 Å². The van der Waals surface area contributed by atoms with Crippen molar-refractivity contribution >= 4 is 28.4 Å². The first kappa shape index (κ1) is 21.8. The first-order valence-electron chi connectivity index (χ1n) is 11.4. The highest BCUT2D eigenvalue weighted by Gasteiger charge is 2.24. The maximum Gasteiger partial charge on any atom is 0.256 e. The molecule has 1 aromatic heterocycles. The first-order valence-corrected chi connectivity index (χ1v) is 11.4. The molecule has 0 radical (unpaired) electrons.